The minimum atomic E-state index is -1.32. The van der Waals surface area contributed by atoms with Crippen LogP contribution in [-0.4, -0.2) is 47.4 Å². The van der Waals surface area contributed by atoms with Crippen LogP contribution in [0.1, 0.15) is 64.2 Å². The first-order valence-electron chi connectivity index (χ1n) is 12.6. The van der Waals surface area contributed by atoms with Gasteiger partial charge in [0.05, 0.1) is 0 Å². The molecule has 0 saturated heterocycles. The number of allylic oxidation sites excluding steroid dienone is 4. The normalized spacial score (nSPS) is 21.7. The van der Waals surface area contributed by atoms with Gasteiger partial charge in [0.25, 0.3) is 11.8 Å². The number of benzene rings is 1. The van der Waals surface area contributed by atoms with E-state index in [2.05, 4.69) is 44.7 Å². The van der Waals surface area contributed by atoms with Crippen molar-refractivity contribution in [1.82, 2.24) is 4.90 Å². The van der Waals surface area contributed by atoms with E-state index in [1.807, 2.05) is 12.2 Å². The van der Waals surface area contributed by atoms with Crippen molar-refractivity contribution in [1.29, 1.82) is 5.26 Å². The lowest BCUT2D eigenvalue weighted by molar-refractivity contribution is -0.149. The van der Waals surface area contributed by atoms with Gasteiger partial charge in [-0.3, -0.25) is 19.3 Å². The van der Waals surface area contributed by atoms with Gasteiger partial charge < -0.3 is 10.0 Å². The first kappa shape index (κ1) is 26.2. The molecule has 7 nitrogen and oxygen atoms in total. The van der Waals surface area contributed by atoms with Gasteiger partial charge in [-0.25, -0.2) is 0 Å². The molecule has 0 bridgehead atoms. The summed E-state index contributed by atoms with van der Waals surface area (Å²) in [5.74, 6) is -2.93. The second-order valence-corrected chi connectivity index (χ2v) is 11.2. The zero-order valence-electron chi connectivity index (χ0n) is 22.1. The molecule has 0 aromatic heterocycles. The molecule has 0 saturated carbocycles. The summed E-state index contributed by atoms with van der Waals surface area (Å²) >= 11 is 0. The molecule has 0 fully saturated rings. The number of carboxylic acid groups (broad SMARTS) is 1. The second-order valence-electron chi connectivity index (χ2n) is 11.2. The minimum Gasteiger partial charge on any atom is -0.480 e. The summed E-state index contributed by atoms with van der Waals surface area (Å²) in [5.41, 5.74) is 5.63. The molecule has 0 atom stereocenters. The fourth-order valence-electron chi connectivity index (χ4n) is 5.38. The molecule has 37 heavy (non-hydrogen) atoms. The number of imide groups is 1. The van der Waals surface area contributed by atoms with Crippen molar-refractivity contribution in [3.8, 4) is 6.07 Å². The van der Waals surface area contributed by atoms with E-state index in [4.69, 9.17) is 5.11 Å². The van der Waals surface area contributed by atoms with E-state index in [9.17, 15) is 19.6 Å². The number of hydrogen-bond donors (Lipinski definition) is 1. The van der Waals surface area contributed by atoms with Crippen molar-refractivity contribution < 1.29 is 19.5 Å². The highest BCUT2D eigenvalue weighted by Gasteiger charge is 2.40. The Balaban J connectivity index is 1.64. The van der Waals surface area contributed by atoms with Crippen molar-refractivity contribution in [3.63, 3.8) is 0 Å². The number of amides is 2. The van der Waals surface area contributed by atoms with E-state index in [1.165, 1.54) is 29.8 Å². The Morgan fingerprint density at radius 3 is 2.16 bits per heavy atom. The fraction of sp³-hybridized carbons (Fsp3) is 0.400. The summed E-state index contributed by atoms with van der Waals surface area (Å²) < 4.78 is 0. The van der Waals surface area contributed by atoms with Crippen LogP contribution in [0.4, 0.5) is 5.69 Å². The molecule has 0 unspecified atom stereocenters. The monoisotopic (exact) mass is 499 g/mol. The minimum absolute atomic E-state index is 0.0982. The smallest absolute Gasteiger partial charge is 0.323 e. The van der Waals surface area contributed by atoms with E-state index in [0.29, 0.717) is 4.90 Å². The molecule has 3 aliphatic rings. The largest absolute Gasteiger partial charge is 0.480 e. The summed E-state index contributed by atoms with van der Waals surface area (Å²) in [6.45, 7) is 12.2. The SMILES string of the molecule is CC1=C(C#N)C(=O)N(CC(=O)O)C(=O)\C1=C/C=C/C=C/c1cc2c3c(c1)C(C)(C)CCN3CCC2(C)C. The first-order valence-corrected chi connectivity index (χ1v) is 12.6. The summed E-state index contributed by atoms with van der Waals surface area (Å²) in [7, 11) is 0. The van der Waals surface area contributed by atoms with Gasteiger partial charge in [-0.15, -0.1) is 0 Å². The summed E-state index contributed by atoms with van der Waals surface area (Å²) in [5, 5.41) is 18.4. The molecule has 1 aromatic carbocycles. The van der Waals surface area contributed by atoms with Crippen LogP contribution in [-0.2, 0) is 25.2 Å². The molecule has 0 spiro atoms. The quantitative estimate of drug-likeness (QED) is 0.360. The second kappa shape index (κ2) is 9.51. The van der Waals surface area contributed by atoms with Gasteiger partial charge in [0.15, 0.2) is 0 Å². The van der Waals surface area contributed by atoms with E-state index in [-0.39, 0.29) is 27.5 Å². The number of aliphatic carboxylic acids is 1. The number of hydrogen-bond acceptors (Lipinski definition) is 5. The van der Waals surface area contributed by atoms with Crippen molar-refractivity contribution in [3.05, 3.63) is 69.8 Å². The predicted molar refractivity (Wildman–Crippen MR) is 143 cm³/mol. The standard InChI is InChI=1S/C30H33N3O4/c1-19-21(27(36)33(18-25(34)35)28(37)22(19)17-31)10-8-6-7-9-20-15-23-26-24(16-20)30(4,5)12-14-32(26)13-11-29(23,2)3/h6-10,15-16H,11-14,18H2,1-5H3,(H,34,35)/b8-6+,9-7+,21-10-. The Morgan fingerprint density at radius 2 is 1.62 bits per heavy atom. The highest BCUT2D eigenvalue weighted by molar-refractivity contribution is 6.19. The zero-order chi connectivity index (χ0) is 27.1. The number of carbonyl (C=O) groups is 3. The summed E-state index contributed by atoms with van der Waals surface area (Å²) in [6, 6.07) is 6.36. The Hall–Kier alpha value is -3.92. The molecular weight excluding hydrogens is 466 g/mol. The van der Waals surface area contributed by atoms with Crippen LogP contribution in [0.5, 0.6) is 0 Å². The molecule has 0 aliphatic carbocycles. The molecule has 3 heterocycles. The number of carboxylic acids is 1. The molecule has 4 rings (SSSR count). The van der Waals surface area contributed by atoms with Crippen LogP contribution in [0.25, 0.3) is 6.08 Å². The highest BCUT2D eigenvalue weighted by Crippen LogP contribution is 2.49. The molecular formula is C30H33N3O4. The van der Waals surface area contributed by atoms with E-state index in [0.717, 1.165) is 31.5 Å². The number of carbonyl (C=O) groups excluding carboxylic acids is 2. The maximum atomic E-state index is 12.8. The lowest BCUT2D eigenvalue weighted by Crippen LogP contribution is -2.45. The van der Waals surface area contributed by atoms with Crippen LogP contribution in [0, 0.1) is 11.3 Å². The van der Waals surface area contributed by atoms with Crippen LogP contribution in [0.2, 0.25) is 0 Å². The molecule has 7 heteroatoms. The summed E-state index contributed by atoms with van der Waals surface area (Å²) in [6.07, 6.45) is 11.1. The summed E-state index contributed by atoms with van der Waals surface area (Å²) in [4.78, 5) is 39.4. The van der Waals surface area contributed by atoms with Crippen molar-refractivity contribution in [2.75, 3.05) is 24.5 Å². The average molecular weight is 500 g/mol. The van der Waals surface area contributed by atoms with Gasteiger partial charge in [-0.05, 0) is 71.1 Å². The first-order chi connectivity index (χ1) is 17.4. The number of nitriles is 1. The van der Waals surface area contributed by atoms with Gasteiger partial charge in [-0.1, -0.05) is 52.0 Å². The molecule has 1 N–H and O–H groups in total. The third-order valence-corrected chi connectivity index (χ3v) is 7.81. The average Bonchev–Trinajstić information content (AvgIpc) is 2.82. The predicted octanol–water partition coefficient (Wildman–Crippen LogP) is 4.64. The third kappa shape index (κ3) is 4.76. The maximum absolute atomic E-state index is 12.8. The van der Waals surface area contributed by atoms with Gasteiger partial charge in [0, 0.05) is 24.4 Å². The Bertz CT molecular complexity index is 1310. The Kier molecular flexibility index (Phi) is 6.72. The van der Waals surface area contributed by atoms with Crippen LogP contribution >= 0.6 is 0 Å². The van der Waals surface area contributed by atoms with E-state index in [1.54, 1.807) is 18.2 Å². The lowest BCUT2D eigenvalue weighted by Gasteiger charge is -2.48. The van der Waals surface area contributed by atoms with Gasteiger partial charge >= 0.3 is 5.97 Å². The van der Waals surface area contributed by atoms with Crippen LogP contribution < -0.4 is 4.90 Å². The third-order valence-electron chi connectivity index (χ3n) is 7.81. The highest BCUT2D eigenvalue weighted by atomic mass is 16.4. The van der Waals surface area contributed by atoms with E-state index < -0.39 is 24.3 Å². The Labute approximate surface area is 218 Å². The number of nitrogens with zero attached hydrogens (tertiary/aromatic N) is 3. The van der Waals surface area contributed by atoms with Crippen LogP contribution in [0.15, 0.2) is 53.2 Å². The molecule has 3 aliphatic heterocycles. The number of rotatable bonds is 5. The van der Waals surface area contributed by atoms with Gasteiger partial charge in [-0.2, -0.15) is 5.26 Å². The van der Waals surface area contributed by atoms with Crippen molar-refractivity contribution in [2.45, 2.75) is 58.3 Å². The fourth-order valence-corrected chi connectivity index (χ4v) is 5.38. The van der Waals surface area contributed by atoms with Crippen LogP contribution in [0.3, 0.4) is 0 Å². The van der Waals surface area contributed by atoms with Gasteiger partial charge in [0.1, 0.15) is 18.2 Å². The topological polar surface area (TPSA) is 102 Å². The van der Waals surface area contributed by atoms with Crippen molar-refractivity contribution in [2.24, 2.45) is 0 Å². The van der Waals surface area contributed by atoms with Crippen molar-refractivity contribution >= 4 is 29.5 Å². The number of anilines is 1. The molecule has 0 radical (unpaired) electrons. The Morgan fingerprint density at radius 1 is 1.03 bits per heavy atom. The van der Waals surface area contributed by atoms with Gasteiger partial charge in [0.2, 0.25) is 0 Å². The molecule has 2 amide bonds. The zero-order valence-corrected chi connectivity index (χ0v) is 22.1. The maximum Gasteiger partial charge on any atom is 0.323 e. The van der Waals surface area contributed by atoms with E-state index >= 15 is 0 Å². The molecule has 192 valence electrons. The lowest BCUT2D eigenvalue weighted by atomic mass is 9.69. The molecule has 1 aromatic rings.